The van der Waals surface area contributed by atoms with E-state index in [1.807, 2.05) is 13.8 Å². The van der Waals surface area contributed by atoms with Crippen molar-refractivity contribution in [2.45, 2.75) is 52.0 Å². The summed E-state index contributed by atoms with van der Waals surface area (Å²) in [5.41, 5.74) is 0. The number of nitrogens with zero attached hydrogens (tertiary/aromatic N) is 1. The van der Waals surface area contributed by atoms with Gasteiger partial charge in [-0.3, -0.25) is 9.79 Å². The van der Waals surface area contributed by atoms with Crippen molar-refractivity contribution in [3.05, 3.63) is 0 Å². The van der Waals surface area contributed by atoms with Crippen molar-refractivity contribution in [3.63, 3.8) is 0 Å². The number of hydrogen-bond donors (Lipinski definition) is 3. The molecule has 5 heteroatoms. The molecule has 1 saturated carbocycles. The Labute approximate surface area is 116 Å². The second-order valence-electron chi connectivity index (χ2n) is 5.42. The number of amides is 1. The fourth-order valence-electron chi connectivity index (χ4n) is 2.21. The smallest absolute Gasteiger partial charge is 0.222 e. The average Bonchev–Trinajstić information content (AvgIpc) is 2.42. The molecule has 110 valence electrons. The van der Waals surface area contributed by atoms with Crippen LogP contribution in [0.25, 0.3) is 0 Å². The van der Waals surface area contributed by atoms with Gasteiger partial charge >= 0.3 is 0 Å². The zero-order valence-electron chi connectivity index (χ0n) is 12.5. The van der Waals surface area contributed by atoms with Crippen LogP contribution >= 0.6 is 0 Å². The van der Waals surface area contributed by atoms with Crippen LogP contribution in [0.3, 0.4) is 0 Å². The van der Waals surface area contributed by atoms with Gasteiger partial charge in [-0.15, -0.1) is 0 Å². The fraction of sp³-hybridized carbons (Fsp3) is 0.857. The van der Waals surface area contributed by atoms with E-state index in [2.05, 4.69) is 20.9 Å². The molecule has 3 N–H and O–H groups in total. The van der Waals surface area contributed by atoms with Crippen LogP contribution in [-0.4, -0.2) is 38.0 Å². The molecule has 5 nitrogen and oxygen atoms in total. The lowest BCUT2D eigenvalue weighted by Crippen LogP contribution is -2.46. The van der Waals surface area contributed by atoms with Gasteiger partial charge in [0.2, 0.25) is 5.91 Å². The highest BCUT2D eigenvalue weighted by Gasteiger charge is 2.14. The van der Waals surface area contributed by atoms with Crippen LogP contribution in [0.4, 0.5) is 0 Å². The SMILES string of the molecule is CN=C(NCCNC(=O)C(C)C)NC1CCCCC1. The average molecular weight is 268 g/mol. The molecule has 1 fully saturated rings. The third-order valence-corrected chi connectivity index (χ3v) is 3.41. The summed E-state index contributed by atoms with van der Waals surface area (Å²) in [4.78, 5) is 15.6. The lowest BCUT2D eigenvalue weighted by Gasteiger charge is -2.24. The Kier molecular flexibility index (Phi) is 7.30. The molecular formula is C14H28N4O. The number of rotatable bonds is 5. The molecule has 0 saturated heterocycles. The highest BCUT2D eigenvalue weighted by molar-refractivity contribution is 5.80. The highest BCUT2D eigenvalue weighted by atomic mass is 16.1. The molecule has 19 heavy (non-hydrogen) atoms. The molecule has 1 rings (SSSR count). The van der Waals surface area contributed by atoms with Gasteiger partial charge in [0.05, 0.1) is 0 Å². The van der Waals surface area contributed by atoms with E-state index in [0.29, 0.717) is 19.1 Å². The van der Waals surface area contributed by atoms with Crippen LogP contribution in [0.1, 0.15) is 46.0 Å². The predicted octanol–water partition coefficient (Wildman–Crippen LogP) is 1.26. The summed E-state index contributed by atoms with van der Waals surface area (Å²) in [5, 5.41) is 9.56. The normalized spacial score (nSPS) is 17.4. The van der Waals surface area contributed by atoms with Gasteiger partial charge < -0.3 is 16.0 Å². The summed E-state index contributed by atoms with van der Waals surface area (Å²) in [6.07, 6.45) is 6.42. The Balaban J connectivity index is 2.16. The molecule has 0 aliphatic heterocycles. The highest BCUT2D eigenvalue weighted by Crippen LogP contribution is 2.17. The third-order valence-electron chi connectivity index (χ3n) is 3.41. The number of hydrogen-bond acceptors (Lipinski definition) is 2. The molecule has 0 unspecified atom stereocenters. The molecule has 1 amide bonds. The molecule has 0 aromatic heterocycles. The van der Waals surface area contributed by atoms with Crippen molar-refractivity contribution in [2.75, 3.05) is 20.1 Å². The van der Waals surface area contributed by atoms with Crippen molar-refractivity contribution in [1.82, 2.24) is 16.0 Å². The molecule has 1 aliphatic rings. The van der Waals surface area contributed by atoms with Gasteiger partial charge in [0.15, 0.2) is 5.96 Å². The summed E-state index contributed by atoms with van der Waals surface area (Å²) in [6.45, 7) is 5.12. The van der Waals surface area contributed by atoms with Crippen molar-refractivity contribution in [3.8, 4) is 0 Å². The Morgan fingerprint density at radius 3 is 2.37 bits per heavy atom. The Morgan fingerprint density at radius 1 is 1.16 bits per heavy atom. The minimum Gasteiger partial charge on any atom is -0.355 e. The summed E-state index contributed by atoms with van der Waals surface area (Å²) in [5.74, 6) is 0.974. The van der Waals surface area contributed by atoms with E-state index in [1.54, 1.807) is 7.05 Å². The molecule has 0 heterocycles. The van der Waals surface area contributed by atoms with E-state index in [4.69, 9.17) is 0 Å². The molecule has 0 atom stereocenters. The first-order valence-corrected chi connectivity index (χ1v) is 7.38. The van der Waals surface area contributed by atoms with Crippen molar-refractivity contribution in [2.24, 2.45) is 10.9 Å². The van der Waals surface area contributed by atoms with E-state index < -0.39 is 0 Å². The molecule has 0 spiro atoms. The number of carbonyl (C=O) groups is 1. The molecular weight excluding hydrogens is 240 g/mol. The maximum absolute atomic E-state index is 11.4. The van der Waals surface area contributed by atoms with Crippen molar-refractivity contribution in [1.29, 1.82) is 0 Å². The lowest BCUT2D eigenvalue weighted by molar-refractivity contribution is -0.123. The zero-order valence-corrected chi connectivity index (χ0v) is 12.5. The zero-order chi connectivity index (χ0) is 14.1. The molecule has 0 aromatic rings. The van der Waals surface area contributed by atoms with Gasteiger partial charge in [-0.1, -0.05) is 33.1 Å². The van der Waals surface area contributed by atoms with Crippen LogP contribution in [0.5, 0.6) is 0 Å². The number of aliphatic imine (C=N–C) groups is 1. The van der Waals surface area contributed by atoms with Gasteiger partial charge in [0.25, 0.3) is 0 Å². The van der Waals surface area contributed by atoms with Gasteiger partial charge in [-0.2, -0.15) is 0 Å². The van der Waals surface area contributed by atoms with Crippen LogP contribution in [0.15, 0.2) is 4.99 Å². The standard InChI is InChI=1S/C14H28N4O/c1-11(2)13(19)16-9-10-17-14(15-3)18-12-7-5-4-6-8-12/h11-12H,4-10H2,1-3H3,(H,16,19)(H2,15,17,18). The van der Waals surface area contributed by atoms with Gasteiger partial charge in [-0.25, -0.2) is 0 Å². The molecule has 0 bridgehead atoms. The van der Waals surface area contributed by atoms with Crippen LogP contribution in [0, 0.1) is 5.92 Å². The third kappa shape index (κ3) is 6.45. The van der Waals surface area contributed by atoms with Gasteiger partial charge in [0, 0.05) is 32.1 Å². The largest absolute Gasteiger partial charge is 0.355 e. The maximum Gasteiger partial charge on any atom is 0.222 e. The minimum absolute atomic E-state index is 0.0414. The minimum atomic E-state index is 0.0414. The van der Waals surface area contributed by atoms with E-state index >= 15 is 0 Å². The summed E-state index contributed by atoms with van der Waals surface area (Å²) >= 11 is 0. The van der Waals surface area contributed by atoms with Crippen LogP contribution in [-0.2, 0) is 4.79 Å². The fourth-order valence-corrected chi connectivity index (χ4v) is 2.21. The second-order valence-corrected chi connectivity index (χ2v) is 5.42. The Bertz CT molecular complexity index is 296. The first-order valence-electron chi connectivity index (χ1n) is 7.38. The number of nitrogens with one attached hydrogen (secondary N) is 3. The Morgan fingerprint density at radius 2 is 1.79 bits per heavy atom. The van der Waals surface area contributed by atoms with Crippen molar-refractivity contribution >= 4 is 11.9 Å². The maximum atomic E-state index is 11.4. The molecule has 1 aliphatic carbocycles. The second kappa shape index (κ2) is 8.77. The summed E-state index contributed by atoms with van der Waals surface area (Å²) < 4.78 is 0. The predicted molar refractivity (Wildman–Crippen MR) is 79.2 cm³/mol. The topological polar surface area (TPSA) is 65.5 Å². The summed E-state index contributed by atoms with van der Waals surface area (Å²) in [6, 6.07) is 0.546. The van der Waals surface area contributed by atoms with Crippen molar-refractivity contribution < 1.29 is 4.79 Å². The summed E-state index contributed by atoms with van der Waals surface area (Å²) in [7, 11) is 1.78. The van der Waals surface area contributed by atoms with E-state index in [0.717, 1.165) is 5.96 Å². The van der Waals surface area contributed by atoms with E-state index in [1.165, 1.54) is 32.1 Å². The van der Waals surface area contributed by atoms with Crippen LogP contribution in [0.2, 0.25) is 0 Å². The molecule has 0 aromatic carbocycles. The van der Waals surface area contributed by atoms with Gasteiger partial charge in [-0.05, 0) is 12.8 Å². The molecule has 0 radical (unpaired) electrons. The van der Waals surface area contributed by atoms with Crippen LogP contribution < -0.4 is 16.0 Å². The first kappa shape index (κ1) is 15.8. The lowest BCUT2D eigenvalue weighted by atomic mass is 9.96. The number of carbonyl (C=O) groups excluding carboxylic acids is 1. The number of guanidine groups is 1. The quantitative estimate of drug-likeness (QED) is 0.399. The van der Waals surface area contributed by atoms with E-state index in [-0.39, 0.29) is 11.8 Å². The monoisotopic (exact) mass is 268 g/mol. The Hall–Kier alpha value is -1.26. The van der Waals surface area contributed by atoms with Gasteiger partial charge in [0.1, 0.15) is 0 Å². The first-order chi connectivity index (χ1) is 9.13. The van der Waals surface area contributed by atoms with E-state index in [9.17, 15) is 4.79 Å².